The minimum Gasteiger partial charge on any atom is -0.394 e. The lowest BCUT2D eigenvalue weighted by Crippen LogP contribution is -2.31. The molecule has 3 heterocycles. The summed E-state index contributed by atoms with van der Waals surface area (Å²) in [7, 11) is -1.29. The van der Waals surface area contributed by atoms with Gasteiger partial charge in [-0.05, 0) is 68.0 Å². The molecule has 0 spiro atoms. The van der Waals surface area contributed by atoms with Gasteiger partial charge in [-0.1, -0.05) is 59.1 Å². The van der Waals surface area contributed by atoms with Crippen molar-refractivity contribution >= 4 is 15.7 Å². The number of hydrogen-bond donors (Lipinski definition) is 2. The Hall–Kier alpha value is -2.54. The van der Waals surface area contributed by atoms with E-state index in [0.717, 1.165) is 62.7 Å². The molecule has 0 bridgehead atoms. The number of ether oxygens (including phenoxy) is 1. The molecule has 1 saturated carbocycles. The molecule has 1 saturated heterocycles. The number of nitrogens with one attached hydrogen (secondary N) is 1. The Kier molecular flexibility index (Phi) is 16.6. The summed E-state index contributed by atoms with van der Waals surface area (Å²) in [6.07, 6.45) is 3.33. The Morgan fingerprint density at radius 3 is 2.15 bits per heavy atom. The second-order valence-corrected chi connectivity index (χ2v) is 14.1. The number of aliphatic hydroxyl groups excluding tert-OH is 1. The largest absolute Gasteiger partial charge is 0.394 e. The van der Waals surface area contributed by atoms with E-state index in [9.17, 15) is 31.5 Å². The lowest BCUT2D eigenvalue weighted by Gasteiger charge is -2.23. The van der Waals surface area contributed by atoms with Crippen LogP contribution in [0.5, 0.6) is 0 Å². The average Bonchev–Trinajstić information content (AvgIpc) is 3.45. The number of carbonyl (C=O) groups excluding carboxylic acids is 1. The summed E-state index contributed by atoms with van der Waals surface area (Å²) in [4.78, 5) is 19.3. The van der Waals surface area contributed by atoms with Crippen molar-refractivity contribution in [2.24, 2.45) is 11.8 Å². The number of hydrogen-bond acceptors (Lipinski definition) is 7. The summed E-state index contributed by atoms with van der Waals surface area (Å²) < 4.78 is 64.8. The highest BCUT2D eigenvalue weighted by Gasteiger charge is 2.39. The summed E-state index contributed by atoms with van der Waals surface area (Å²) in [5, 5.41) is 12.5. The van der Waals surface area contributed by atoms with Crippen LogP contribution in [0.3, 0.4) is 0 Å². The molecule has 1 unspecified atom stereocenters. The van der Waals surface area contributed by atoms with E-state index in [1.807, 2.05) is 27.0 Å². The molecule has 1 aromatic carbocycles. The van der Waals surface area contributed by atoms with E-state index in [0.29, 0.717) is 24.0 Å². The average molecular weight is 672 g/mol. The zero-order valence-electron chi connectivity index (χ0n) is 27.9. The second kappa shape index (κ2) is 19.3. The molecule has 1 atom stereocenters. The van der Waals surface area contributed by atoms with Crippen LogP contribution < -0.4 is 5.32 Å². The zero-order chi connectivity index (χ0) is 34.3. The van der Waals surface area contributed by atoms with Crippen LogP contribution in [0.4, 0.5) is 13.2 Å². The molecule has 5 rings (SSSR count). The smallest absolute Gasteiger partial charge is 0.391 e. The predicted molar refractivity (Wildman–Crippen MR) is 174 cm³/mol. The topological polar surface area (TPSA) is 109 Å². The monoisotopic (exact) mass is 671 g/mol. The molecular weight excluding hydrogens is 619 g/mol. The van der Waals surface area contributed by atoms with Gasteiger partial charge in [0.25, 0.3) is 5.91 Å². The van der Waals surface area contributed by atoms with Gasteiger partial charge in [-0.3, -0.25) is 14.7 Å². The highest BCUT2D eigenvalue weighted by Crippen LogP contribution is 2.37. The SMILES string of the molecule is CC.CC1CCOCC1.CCS(=O)(=O)c1ccc(C(CO)NC(=O)c2cnc3c(c2)CN(C)C3)cc1.FC(F)(F)C1CCCCC1. The third-order valence-electron chi connectivity index (χ3n) is 8.27. The maximum atomic E-state index is 12.6. The highest BCUT2D eigenvalue weighted by atomic mass is 32.2. The molecule has 2 fully saturated rings. The number of sulfone groups is 1. The molecule has 12 heteroatoms. The van der Waals surface area contributed by atoms with Gasteiger partial charge in [0.2, 0.25) is 0 Å². The molecule has 0 radical (unpaired) electrons. The number of aromatic nitrogens is 1. The minimum atomic E-state index is -3.93. The van der Waals surface area contributed by atoms with E-state index in [4.69, 9.17) is 4.74 Å². The number of rotatable bonds is 6. The molecule has 46 heavy (non-hydrogen) atoms. The second-order valence-electron chi connectivity index (χ2n) is 11.9. The lowest BCUT2D eigenvalue weighted by molar-refractivity contribution is -0.181. The maximum absolute atomic E-state index is 12.6. The highest BCUT2D eigenvalue weighted by molar-refractivity contribution is 7.91. The number of alkyl halides is 3. The van der Waals surface area contributed by atoms with Gasteiger partial charge >= 0.3 is 6.18 Å². The molecule has 2 aromatic rings. The van der Waals surface area contributed by atoms with E-state index in [-0.39, 0.29) is 23.2 Å². The van der Waals surface area contributed by atoms with Crippen molar-refractivity contribution < 1.29 is 36.2 Å². The van der Waals surface area contributed by atoms with Gasteiger partial charge < -0.3 is 15.2 Å². The van der Waals surface area contributed by atoms with Crippen molar-refractivity contribution in [1.82, 2.24) is 15.2 Å². The number of pyridine rings is 1. The van der Waals surface area contributed by atoms with E-state index in [2.05, 4.69) is 22.1 Å². The number of nitrogens with zero attached hydrogens (tertiary/aromatic N) is 2. The van der Waals surface area contributed by atoms with Crippen LogP contribution in [-0.4, -0.2) is 68.1 Å². The molecule has 1 aromatic heterocycles. The fourth-order valence-corrected chi connectivity index (χ4v) is 6.22. The van der Waals surface area contributed by atoms with Crippen molar-refractivity contribution in [2.75, 3.05) is 32.6 Å². The van der Waals surface area contributed by atoms with E-state index in [1.165, 1.54) is 25.0 Å². The number of benzene rings is 1. The normalized spacial score (nSPS) is 18.0. The first-order valence-electron chi connectivity index (χ1n) is 16.4. The van der Waals surface area contributed by atoms with Crippen LogP contribution in [0, 0.1) is 11.8 Å². The van der Waals surface area contributed by atoms with Crippen LogP contribution in [0.2, 0.25) is 0 Å². The van der Waals surface area contributed by atoms with Gasteiger partial charge in [-0.15, -0.1) is 0 Å². The molecule has 3 aliphatic rings. The first-order chi connectivity index (χ1) is 21.8. The number of amides is 1. The van der Waals surface area contributed by atoms with Crippen molar-refractivity contribution in [3.05, 3.63) is 58.9 Å². The lowest BCUT2D eigenvalue weighted by atomic mass is 9.89. The Morgan fingerprint density at radius 2 is 1.67 bits per heavy atom. The van der Waals surface area contributed by atoms with Gasteiger partial charge in [-0.2, -0.15) is 13.2 Å². The summed E-state index contributed by atoms with van der Waals surface area (Å²) in [5.41, 5.74) is 3.07. The van der Waals surface area contributed by atoms with Crippen molar-refractivity contribution in [1.29, 1.82) is 0 Å². The molecule has 8 nitrogen and oxygen atoms in total. The molecular formula is C34H52F3N3O5S. The van der Waals surface area contributed by atoms with E-state index < -0.39 is 28.0 Å². The van der Waals surface area contributed by atoms with Crippen LogP contribution in [0.1, 0.15) is 106 Å². The first-order valence-corrected chi connectivity index (χ1v) is 18.0. The Balaban J connectivity index is 0.000000314. The Morgan fingerprint density at radius 1 is 1.07 bits per heavy atom. The summed E-state index contributed by atoms with van der Waals surface area (Å²) in [6.45, 7) is 11.1. The Labute approximate surface area is 273 Å². The maximum Gasteiger partial charge on any atom is 0.391 e. The fourth-order valence-electron chi connectivity index (χ4n) is 5.34. The van der Waals surface area contributed by atoms with E-state index >= 15 is 0 Å². The third kappa shape index (κ3) is 12.6. The van der Waals surface area contributed by atoms with Gasteiger partial charge in [0.1, 0.15) is 0 Å². The van der Waals surface area contributed by atoms with Crippen LogP contribution >= 0.6 is 0 Å². The minimum absolute atomic E-state index is 0.0209. The quantitative estimate of drug-likeness (QED) is 0.345. The Bertz CT molecular complexity index is 1290. The van der Waals surface area contributed by atoms with Crippen LogP contribution in [0.15, 0.2) is 41.4 Å². The molecule has 1 aliphatic carbocycles. The van der Waals surface area contributed by atoms with Crippen LogP contribution in [0.25, 0.3) is 0 Å². The number of aliphatic hydroxyl groups is 1. The summed E-state index contributed by atoms with van der Waals surface area (Å²) >= 11 is 0. The fraction of sp³-hybridized carbons (Fsp3) is 0.647. The van der Waals surface area contributed by atoms with Crippen LogP contribution in [-0.2, 0) is 27.7 Å². The number of fused-ring (bicyclic) bond motifs is 1. The van der Waals surface area contributed by atoms with Gasteiger partial charge in [0.05, 0.1) is 40.5 Å². The molecule has 2 N–H and O–H groups in total. The van der Waals surface area contributed by atoms with Gasteiger partial charge in [-0.25, -0.2) is 8.42 Å². The number of halogens is 3. The standard InChI is InChI=1S/C19H23N3O4S.C7H11F3.C6H12O.C2H6/c1-3-27(25,26)16-6-4-13(5-7-16)18(12-23)21-19(24)14-8-15-10-22(2)11-17(15)20-9-14;8-7(9,10)6-4-2-1-3-5-6;1-6-2-4-7-5-3-6;1-2/h4-9,18,23H,3,10-12H2,1-2H3,(H,21,24);6H,1-5H2;6H,2-5H2,1H3;1-2H3. The predicted octanol–water partition coefficient (Wildman–Crippen LogP) is 6.87. The van der Waals surface area contributed by atoms with Crippen molar-refractivity contribution in [3.63, 3.8) is 0 Å². The zero-order valence-corrected chi connectivity index (χ0v) is 28.7. The summed E-state index contributed by atoms with van der Waals surface area (Å²) in [5.74, 6) is -0.397. The van der Waals surface area contributed by atoms with Crippen molar-refractivity contribution in [2.45, 2.75) is 103 Å². The third-order valence-corrected chi connectivity index (χ3v) is 10.0. The van der Waals surface area contributed by atoms with Gasteiger partial charge in [0, 0.05) is 32.5 Å². The first kappa shape index (κ1) is 39.6. The molecule has 1 amide bonds. The van der Waals surface area contributed by atoms with E-state index in [1.54, 1.807) is 25.3 Å². The number of carbonyl (C=O) groups is 1. The molecule has 2 aliphatic heterocycles. The molecule has 260 valence electrons. The van der Waals surface area contributed by atoms with Gasteiger partial charge in [0.15, 0.2) is 9.84 Å². The van der Waals surface area contributed by atoms with Crippen molar-refractivity contribution in [3.8, 4) is 0 Å². The summed E-state index contributed by atoms with van der Waals surface area (Å²) in [6, 6.07) is 7.41.